The number of esters is 1. The Morgan fingerprint density at radius 3 is 2.42 bits per heavy atom. The summed E-state index contributed by atoms with van der Waals surface area (Å²) in [6.45, 7) is 10.6. The molecule has 1 aliphatic rings. The van der Waals surface area contributed by atoms with Crippen LogP contribution in [-0.2, 0) is 11.3 Å². The molecule has 0 aliphatic carbocycles. The van der Waals surface area contributed by atoms with E-state index in [2.05, 4.69) is 50.8 Å². The Labute approximate surface area is 213 Å². The summed E-state index contributed by atoms with van der Waals surface area (Å²) in [6.07, 6.45) is 1.98. The van der Waals surface area contributed by atoms with Crippen LogP contribution in [0.5, 0.6) is 5.75 Å². The number of ether oxygens (including phenoxy) is 2. The molecule has 3 rings (SSSR count). The highest BCUT2D eigenvalue weighted by atomic mass is 19.3. The van der Waals surface area contributed by atoms with Gasteiger partial charge in [0.1, 0.15) is 5.75 Å². The van der Waals surface area contributed by atoms with Crippen molar-refractivity contribution in [3.05, 3.63) is 69.8 Å². The first kappa shape index (κ1) is 27.8. The molecule has 0 saturated carbocycles. The molecular weight excluding hydrogens is 462 g/mol. The lowest BCUT2D eigenvalue weighted by Crippen LogP contribution is -2.49. The summed E-state index contributed by atoms with van der Waals surface area (Å²) in [5.74, 6) is 0.835. The Kier molecular flexibility index (Phi) is 9.63. The fraction of sp³-hybridized carbons (Fsp3) is 0.483. The van der Waals surface area contributed by atoms with Crippen LogP contribution in [0, 0.1) is 19.8 Å². The number of hydrogen-bond acceptors (Lipinski definition) is 5. The van der Waals surface area contributed by atoms with Crippen LogP contribution in [0.25, 0.3) is 6.08 Å². The quantitative estimate of drug-likeness (QED) is 0.402. The van der Waals surface area contributed by atoms with Crippen LogP contribution < -0.4 is 4.74 Å². The maximum Gasteiger partial charge on any atom is 0.337 e. The number of carbonyl (C=O) groups excluding carboxylic acids is 1. The zero-order valence-electron chi connectivity index (χ0n) is 22.2. The lowest BCUT2D eigenvalue weighted by Gasteiger charge is -2.42. The van der Waals surface area contributed by atoms with Gasteiger partial charge < -0.3 is 9.47 Å². The SMILES string of the molecule is COC(=O)c1ccc(C2CN(CC(F)F)CCN2Cc2c(OC)cc(C)c(C)c2/C=C\C(C)C)cc1. The van der Waals surface area contributed by atoms with Crippen molar-refractivity contribution in [3.8, 4) is 5.75 Å². The molecule has 0 N–H and O–H groups in total. The summed E-state index contributed by atoms with van der Waals surface area (Å²) in [7, 11) is 3.04. The zero-order valence-corrected chi connectivity index (χ0v) is 22.2. The predicted molar refractivity (Wildman–Crippen MR) is 140 cm³/mol. The molecule has 1 atom stereocenters. The standard InChI is InChI=1S/C29H38F2N2O3/c1-19(2)7-12-24-21(4)20(3)15-27(35-5)25(24)16-33-14-13-32(18-28(30)31)17-26(33)22-8-10-23(11-9-22)29(34)36-6/h7-12,15,19,26,28H,13-14,16-18H2,1-6H3/b12-7-. The van der Waals surface area contributed by atoms with Gasteiger partial charge in [-0.3, -0.25) is 9.80 Å². The van der Waals surface area contributed by atoms with Gasteiger partial charge in [-0.15, -0.1) is 0 Å². The van der Waals surface area contributed by atoms with Crippen LogP contribution in [0.3, 0.4) is 0 Å². The van der Waals surface area contributed by atoms with Crippen molar-refractivity contribution >= 4 is 12.0 Å². The van der Waals surface area contributed by atoms with Crippen LogP contribution >= 0.6 is 0 Å². The van der Waals surface area contributed by atoms with Crippen LogP contribution in [0.1, 0.15) is 58.1 Å². The Balaban J connectivity index is 2.01. The summed E-state index contributed by atoms with van der Waals surface area (Å²) in [6, 6.07) is 9.22. The Morgan fingerprint density at radius 2 is 1.83 bits per heavy atom. The molecule has 0 aromatic heterocycles. The molecule has 0 amide bonds. The lowest BCUT2D eigenvalue weighted by molar-refractivity contribution is 0.0243. The predicted octanol–water partition coefficient (Wildman–Crippen LogP) is 5.89. The highest BCUT2D eigenvalue weighted by Crippen LogP contribution is 2.35. The van der Waals surface area contributed by atoms with Crippen molar-refractivity contribution in [1.82, 2.24) is 9.80 Å². The second-order valence-electron chi connectivity index (χ2n) is 9.77. The van der Waals surface area contributed by atoms with Gasteiger partial charge in [-0.25, -0.2) is 13.6 Å². The number of halogens is 2. The van der Waals surface area contributed by atoms with E-state index < -0.39 is 12.4 Å². The number of rotatable bonds is 9. The third-order valence-electron chi connectivity index (χ3n) is 6.88. The highest BCUT2D eigenvalue weighted by molar-refractivity contribution is 5.89. The fourth-order valence-electron chi connectivity index (χ4n) is 4.73. The lowest BCUT2D eigenvalue weighted by atomic mass is 9.93. The van der Waals surface area contributed by atoms with Gasteiger partial charge >= 0.3 is 5.97 Å². The van der Waals surface area contributed by atoms with Gasteiger partial charge in [-0.05, 0) is 60.2 Å². The summed E-state index contributed by atoms with van der Waals surface area (Å²) < 4.78 is 37.1. The first-order valence-corrected chi connectivity index (χ1v) is 12.4. The minimum Gasteiger partial charge on any atom is -0.496 e. The van der Waals surface area contributed by atoms with E-state index in [0.29, 0.717) is 37.7 Å². The summed E-state index contributed by atoms with van der Waals surface area (Å²) >= 11 is 0. The smallest absolute Gasteiger partial charge is 0.337 e. The van der Waals surface area contributed by atoms with Crippen LogP contribution in [0.2, 0.25) is 0 Å². The Bertz CT molecular complexity index is 1070. The number of nitrogens with zero attached hydrogens (tertiary/aromatic N) is 2. The third-order valence-corrected chi connectivity index (χ3v) is 6.88. The van der Waals surface area contributed by atoms with Crippen molar-refractivity contribution < 1.29 is 23.0 Å². The van der Waals surface area contributed by atoms with Crippen LogP contribution in [-0.4, -0.2) is 62.6 Å². The second-order valence-corrected chi connectivity index (χ2v) is 9.77. The number of methoxy groups -OCH3 is 2. The number of allylic oxidation sites excluding steroid dienone is 1. The van der Waals surface area contributed by atoms with Crippen LogP contribution in [0.15, 0.2) is 36.4 Å². The average molecular weight is 501 g/mol. The van der Waals surface area contributed by atoms with E-state index >= 15 is 0 Å². The van der Waals surface area contributed by atoms with E-state index in [1.54, 1.807) is 19.2 Å². The molecule has 2 aromatic rings. The Hall–Kier alpha value is -2.77. The normalized spacial score (nSPS) is 17.3. The summed E-state index contributed by atoms with van der Waals surface area (Å²) in [5.41, 5.74) is 6.05. The van der Waals surface area contributed by atoms with Gasteiger partial charge in [0.2, 0.25) is 0 Å². The van der Waals surface area contributed by atoms with Gasteiger partial charge in [0.25, 0.3) is 6.43 Å². The molecule has 1 fully saturated rings. The van der Waals surface area contributed by atoms with Crippen molar-refractivity contribution in [2.24, 2.45) is 5.92 Å². The average Bonchev–Trinajstić information content (AvgIpc) is 2.85. The van der Waals surface area contributed by atoms with Gasteiger partial charge in [0.05, 0.1) is 26.3 Å². The zero-order chi connectivity index (χ0) is 26.4. The van der Waals surface area contributed by atoms with Gasteiger partial charge in [0.15, 0.2) is 0 Å². The molecule has 5 nitrogen and oxygen atoms in total. The largest absolute Gasteiger partial charge is 0.496 e. The topological polar surface area (TPSA) is 42.0 Å². The van der Waals surface area contributed by atoms with E-state index in [1.807, 2.05) is 17.0 Å². The van der Waals surface area contributed by atoms with Gasteiger partial charge in [-0.2, -0.15) is 0 Å². The first-order valence-electron chi connectivity index (χ1n) is 12.4. The molecule has 36 heavy (non-hydrogen) atoms. The first-order chi connectivity index (χ1) is 17.1. The minimum absolute atomic E-state index is 0.113. The van der Waals surface area contributed by atoms with E-state index in [-0.39, 0.29) is 12.6 Å². The highest BCUT2D eigenvalue weighted by Gasteiger charge is 2.31. The fourth-order valence-corrected chi connectivity index (χ4v) is 4.73. The Morgan fingerprint density at radius 1 is 1.14 bits per heavy atom. The molecule has 196 valence electrons. The summed E-state index contributed by atoms with van der Waals surface area (Å²) in [5, 5.41) is 0. The number of piperazine rings is 1. The number of carbonyl (C=O) groups is 1. The number of hydrogen-bond donors (Lipinski definition) is 0. The van der Waals surface area contributed by atoms with Crippen molar-refractivity contribution in [2.45, 2.75) is 46.7 Å². The number of aryl methyl sites for hydroxylation is 1. The van der Waals surface area contributed by atoms with E-state index in [9.17, 15) is 13.6 Å². The summed E-state index contributed by atoms with van der Waals surface area (Å²) in [4.78, 5) is 16.1. The number of benzene rings is 2. The van der Waals surface area contributed by atoms with Crippen molar-refractivity contribution in [1.29, 1.82) is 0 Å². The third kappa shape index (κ3) is 6.71. The second kappa shape index (κ2) is 12.5. The molecule has 2 aromatic carbocycles. The molecule has 1 saturated heterocycles. The van der Waals surface area contributed by atoms with E-state index in [0.717, 1.165) is 28.0 Å². The van der Waals surface area contributed by atoms with Crippen molar-refractivity contribution in [3.63, 3.8) is 0 Å². The molecule has 0 radical (unpaired) electrons. The van der Waals surface area contributed by atoms with E-state index in [1.165, 1.54) is 12.7 Å². The molecule has 0 bridgehead atoms. The monoisotopic (exact) mass is 500 g/mol. The molecule has 0 spiro atoms. The van der Waals surface area contributed by atoms with Crippen molar-refractivity contribution in [2.75, 3.05) is 40.4 Å². The minimum atomic E-state index is -2.38. The maximum atomic E-state index is 13.2. The molecule has 1 heterocycles. The molecule has 7 heteroatoms. The molecular formula is C29H38F2N2O3. The van der Waals surface area contributed by atoms with Crippen LogP contribution in [0.4, 0.5) is 8.78 Å². The van der Waals surface area contributed by atoms with E-state index in [4.69, 9.17) is 9.47 Å². The van der Waals surface area contributed by atoms with Gasteiger partial charge in [-0.1, -0.05) is 38.1 Å². The molecule has 1 unspecified atom stereocenters. The molecule has 1 aliphatic heterocycles. The van der Waals surface area contributed by atoms with Gasteiger partial charge in [0, 0.05) is 37.8 Å². The number of alkyl halides is 2. The maximum absolute atomic E-state index is 13.2.